The number of hydrogen-bond acceptors (Lipinski definition) is 1. The topological polar surface area (TPSA) is 12.0 Å². The summed E-state index contributed by atoms with van der Waals surface area (Å²) in [6.45, 7) is 4.94. The third kappa shape index (κ3) is 4.36. The van der Waals surface area contributed by atoms with E-state index in [-0.39, 0.29) is 17.9 Å². The molecule has 5 heteroatoms. The second-order valence-electron chi connectivity index (χ2n) is 6.47. The van der Waals surface area contributed by atoms with Gasteiger partial charge in [-0.05, 0) is 54.5 Å². The number of hydrogen-bond donors (Lipinski definition) is 1. The molecule has 0 saturated carbocycles. The van der Waals surface area contributed by atoms with Crippen LogP contribution in [0, 0.1) is 5.41 Å². The van der Waals surface area contributed by atoms with Crippen molar-refractivity contribution in [3.63, 3.8) is 0 Å². The first-order valence-corrected chi connectivity index (χ1v) is 7.65. The van der Waals surface area contributed by atoms with Crippen molar-refractivity contribution < 1.29 is 13.2 Å². The minimum Gasteiger partial charge on any atom is -0.309 e. The number of unbranched alkanes of at least 4 members (excludes halogenated alkanes) is 1. The van der Waals surface area contributed by atoms with Gasteiger partial charge in [0.2, 0.25) is 0 Å². The zero-order valence-corrected chi connectivity index (χ0v) is 13.1. The lowest BCUT2D eigenvalue weighted by Gasteiger charge is -2.29. The molecule has 1 unspecified atom stereocenters. The summed E-state index contributed by atoms with van der Waals surface area (Å²) in [5.41, 5.74) is 2.51. The largest absolute Gasteiger partial charge is 0.389 e. The van der Waals surface area contributed by atoms with E-state index in [2.05, 4.69) is 19.2 Å². The molecule has 1 N–H and O–H groups in total. The Morgan fingerprint density at radius 1 is 1.29 bits per heavy atom. The monoisotopic (exact) mass is 319 g/mol. The first-order valence-electron chi connectivity index (χ1n) is 7.27. The van der Waals surface area contributed by atoms with Crippen LogP contribution in [0.4, 0.5) is 13.2 Å². The van der Waals surface area contributed by atoms with E-state index in [9.17, 15) is 13.2 Å². The summed E-state index contributed by atoms with van der Waals surface area (Å²) in [6.07, 6.45) is -3.09. The predicted molar refractivity (Wildman–Crippen MR) is 79.6 cm³/mol. The molecule has 0 heterocycles. The molecule has 0 aliphatic heterocycles. The fraction of sp³-hybridized carbons (Fsp3) is 0.625. The zero-order valence-electron chi connectivity index (χ0n) is 12.4. The second kappa shape index (κ2) is 6.17. The minimum absolute atomic E-state index is 0.0526. The Kier molecular flexibility index (Phi) is 4.89. The maximum absolute atomic E-state index is 12.1. The van der Waals surface area contributed by atoms with Crippen LogP contribution in [0.2, 0.25) is 5.02 Å². The van der Waals surface area contributed by atoms with Gasteiger partial charge in [0.1, 0.15) is 0 Å². The van der Waals surface area contributed by atoms with Gasteiger partial charge in [0.25, 0.3) is 0 Å². The molecule has 21 heavy (non-hydrogen) atoms. The number of fused-ring (bicyclic) bond motifs is 1. The quantitative estimate of drug-likeness (QED) is 0.727. The molecular weight excluding hydrogens is 299 g/mol. The first-order chi connectivity index (χ1) is 9.69. The molecule has 0 bridgehead atoms. The molecule has 0 spiro atoms. The number of halogens is 4. The zero-order chi connectivity index (χ0) is 15.7. The van der Waals surface area contributed by atoms with Crippen LogP contribution in [-0.2, 0) is 6.42 Å². The molecule has 0 aromatic heterocycles. The Labute approximate surface area is 128 Å². The molecule has 1 aromatic rings. The number of rotatable bonds is 5. The lowest BCUT2D eigenvalue weighted by molar-refractivity contribution is -0.135. The fourth-order valence-corrected chi connectivity index (χ4v) is 3.27. The van der Waals surface area contributed by atoms with Crippen molar-refractivity contribution in [2.45, 2.75) is 51.7 Å². The van der Waals surface area contributed by atoms with E-state index in [4.69, 9.17) is 11.6 Å². The summed E-state index contributed by atoms with van der Waals surface area (Å²) in [6, 6.07) is 6.06. The summed E-state index contributed by atoms with van der Waals surface area (Å²) >= 11 is 6.06. The summed E-state index contributed by atoms with van der Waals surface area (Å²) in [4.78, 5) is 0. The van der Waals surface area contributed by atoms with Crippen LogP contribution in [0.25, 0.3) is 0 Å². The van der Waals surface area contributed by atoms with Crippen LogP contribution in [0.1, 0.15) is 50.3 Å². The van der Waals surface area contributed by atoms with E-state index < -0.39 is 12.6 Å². The van der Waals surface area contributed by atoms with Gasteiger partial charge in [-0.25, -0.2) is 0 Å². The van der Waals surface area contributed by atoms with Gasteiger partial charge in [-0.1, -0.05) is 31.5 Å². The normalized spacial score (nSPS) is 20.6. The standard InChI is InChI=1S/C16H21ClF3N/c1-15(2)10-11-5-6-12(17)9-13(11)14(15)21-8-4-3-7-16(18,19)20/h5-6,9,14,21H,3-4,7-8,10H2,1-2H3. The maximum atomic E-state index is 12.1. The average Bonchev–Trinajstić information content (AvgIpc) is 2.58. The van der Waals surface area contributed by atoms with Crippen molar-refractivity contribution >= 4 is 11.6 Å². The van der Waals surface area contributed by atoms with Gasteiger partial charge in [-0.3, -0.25) is 0 Å². The molecule has 0 saturated heterocycles. The highest BCUT2D eigenvalue weighted by Gasteiger charge is 2.38. The first kappa shape index (κ1) is 16.6. The van der Waals surface area contributed by atoms with Gasteiger partial charge < -0.3 is 5.32 Å². The summed E-state index contributed by atoms with van der Waals surface area (Å²) < 4.78 is 36.3. The Hall–Kier alpha value is -0.740. The molecule has 1 atom stereocenters. The lowest BCUT2D eigenvalue weighted by Crippen LogP contribution is -2.31. The molecule has 1 nitrogen and oxygen atoms in total. The van der Waals surface area contributed by atoms with Crippen molar-refractivity contribution in [2.24, 2.45) is 5.41 Å². The van der Waals surface area contributed by atoms with Gasteiger partial charge in [-0.15, -0.1) is 0 Å². The van der Waals surface area contributed by atoms with Gasteiger partial charge in [0.15, 0.2) is 0 Å². The van der Waals surface area contributed by atoms with Crippen molar-refractivity contribution in [1.82, 2.24) is 5.32 Å². The molecule has 0 fully saturated rings. The molecule has 1 aromatic carbocycles. The summed E-state index contributed by atoms with van der Waals surface area (Å²) in [5, 5.41) is 4.12. The minimum atomic E-state index is -4.05. The Morgan fingerprint density at radius 2 is 2.00 bits per heavy atom. The van der Waals surface area contributed by atoms with Crippen molar-refractivity contribution in [3.8, 4) is 0 Å². The molecule has 2 rings (SSSR count). The predicted octanol–water partition coefficient (Wildman–Crippen LogP) is 5.29. The van der Waals surface area contributed by atoms with Crippen molar-refractivity contribution in [1.29, 1.82) is 0 Å². The van der Waals surface area contributed by atoms with Crippen molar-refractivity contribution in [3.05, 3.63) is 34.3 Å². The third-order valence-corrected chi connectivity index (χ3v) is 4.32. The maximum Gasteiger partial charge on any atom is 0.389 e. The highest BCUT2D eigenvalue weighted by Crippen LogP contribution is 2.45. The number of alkyl halides is 3. The van der Waals surface area contributed by atoms with Crippen LogP contribution < -0.4 is 5.32 Å². The van der Waals surface area contributed by atoms with Crippen LogP contribution in [0.15, 0.2) is 18.2 Å². The average molecular weight is 320 g/mol. The Balaban J connectivity index is 1.92. The van der Waals surface area contributed by atoms with Crippen LogP contribution in [0.3, 0.4) is 0 Å². The highest BCUT2D eigenvalue weighted by molar-refractivity contribution is 6.30. The summed E-state index contributed by atoms with van der Waals surface area (Å²) in [7, 11) is 0. The molecule has 118 valence electrons. The molecule has 0 amide bonds. The van der Waals surface area contributed by atoms with E-state index in [1.807, 2.05) is 18.2 Å². The molecule has 0 radical (unpaired) electrons. The lowest BCUT2D eigenvalue weighted by atomic mass is 9.85. The van der Waals surface area contributed by atoms with Gasteiger partial charge in [0.05, 0.1) is 0 Å². The van der Waals surface area contributed by atoms with E-state index in [1.54, 1.807) is 0 Å². The SMILES string of the molecule is CC1(C)Cc2ccc(Cl)cc2C1NCCCCC(F)(F)F. The fourth-order valence-electron chi connectivity index (χ4n) is 3.09. The van der Waals surface area contributed by atoms with Gasteiger partial charge in [0, 0.05) is 17.5 Å². The van der Waals surface area contributed by atoms with E-state index in [0.29, 0.717) is 18.0 Å². The Morgan fingerprint density at radius 3 is 2.67 bits per heavy atom. The second-order valence-corrected chi connectivity index (χ2v) is 6.90. The van der Waals surface area contributed by atoms with E-state index >= 15 is 0 Å². The molecular formula is C16H21ClF3N. The van der Waals surface area contributed by atoms with E-state index in [0.717, 1.165) is 6.42 Å². The van der Waals surface area contributed by atoms with Crippen LogP contribution >= 0.6 is 11.6 Å². The Bertz CT molecular complexity index is 497. The van der Waals surface area contributed by atoms with Crippen LogP contribution in [-0.4, -0.2) is 12.7 Å². The third-order valence-electron chi connectivity index (χ3n) is 4.08. The highest BCUT2D eigenvalue weighted by atomic mass is 35.5. The van der Waals surface area contributed by atoms with Crippen LogP contribution in [0.5, 0.6) is 0 Å². The van der Waals surface area contributed by atoms with Gasteiger partial charge in [-0.2, -0.15) is 13.2 Å². The van der Waals surface area contributed by atoms with Gasteiger partial charge >= 0.3 is 6.18 Å². The number of nitrogens with one attached hydrogen (secondary N) is 1. The molecule has 1 aliphatic rings. The smallest absolute Gasteiger partial charge is 0.309 e. The van der Waals surface area contributed by atoms with Crippen molar-refractivity contribution in [2.75, 3.05) is 6.54 Å². The van der Waals surface area contributed by atoms with E-state index in [1.165, 1.54) is 11.1 Å². The number of benzene rings is 1. The molecule has 1 aliphatic carbocycles. The summed E-state index contributed by atoms with van der Waals surface area (Å²) in [5.74, 6) is 0.